The predicted octanol–water partition coefficient (Wildman–Crippen LogP) is 2.03. The number of rotatable bonds is 5. The molecule has 1 fully saturated rings. The third kappa shape index (κ3) is 4.78. The standard InChI is InChI=1S/C24H26N6O3S/c1-28-21-13-18(29-9-11-33-12-10-29)7-8-22(21)34-16-20(24(28)32)25-23(31)19-15-30(27-26-19)14-17-5-3-2-4-6-17/h2-8,13,15,20H,9-12,14,16H2,1H3,(H,25,31)/t20-/m0/s1. The molecule has 2 aliphatic rings. The Labute approximate surface area is 202 Å². The van der Waals surface area contributed by atoms with Crippen molar-refractivity contribution in [1.29, 1.82) is 0 Å². The van der Waals surface area contributed by atoms with Crippen LogP contribution in [0, 0.1) is 0 Å². The molecule has 0 bridgehead atoms. The van der Waals surface area contributed by atoms with E-state index in [9.17, 15) is 9.59 Å². The number of anilines is 2. The first-order chi connectivity index (χ1) is 16.6. The van der Waals surface area contributed by atoms with Crippen molar-refractivity contribution in [3.05, 3.63) is 66.0 Å². The Balaban J connectivity index is 1.27. The Morgan fingerprint density at radius 2 is 1.97 bits per heavy atom. The Morgan fingerprint density at radius 3 is 2.76 bits per heavy atom. The van der Waals surface area contributed by atoms with Crippen LogP contribution in [0.1, 0.15) is 16.1 Å². The quantitative estimate of drug-likeness (QED) is 0.600. The lowest BCUT2D eigenvalue weighted by Crippen LogP contribution is -2.48. The molecule has 10 heteroatoms. The summed E-state index contributed by atoms with van der Waals surface area (Å²) in [5.74, 6) is -0.126. The summed E-state index contributed by atoms with van der Waals surface area (Å²) in [4.78, 5) is 31.0. The second-order valence-corrected chi connectivity index (χ2v) is 9.33. The van der Waals surface area contributed by atoms with Gasteiger partial charge < -0.3 is 19.9 Å². The van der Waals surface area contributed by atoms with Crippen LogP contribution in [0.2, 0.25) is 0 Å². The highest BCUT2D eigenvalue weighted by atomic mass is 32.2. The average Bonchev–Trinajstić information content (AvgIpc) is 3.31. The summed E-state index contributed by atoms with van der Waals surface area (Å²) >= 11 is 1.56. The van der Waals surface area contributed by atoms with Gasteiger partial charge in [-0.3, -0.25) is 9.59 Å². The van der Waals surface area contributed by atoms with Crippen LogP contribution < -0.4 is 15.1 Å². The van der Waals surface area contributed by atoms with Crippen molar-refractivity contribution in [2.24, 2.45) is 0 Å². The van der Waals surface area contributed by atoms with Gasteiger partial charge in [0.1, 0.15) is 6.04 Å². The van der Waals surface area contributed by atoms with Crippen LogP contribution >= 0.6 is 11.8 Å². The maximum Gasteiger partial charge on any atom is 0.274 e. The minimum Gasteiger partial charge on any atom is -0.378 e. The molecule has 5 rings (SSSR count). The molecular formula is C24H26N6O3S. The molecule has 1 aromatic heterocycles. The number of amides is 2. The minimum atomic E-state index is -0.666. The van der Waals surface area contributed by atoms with Gasteiger partial charge in [0, 0.05) is 36.5 Å². The van der Waals surface area contributed by atoms with Crippen molar-refractivity contribution in [2.45, 2.75) is 17.5 Å². The third-order valence-electron chi connectivity index (χ3n) is 5.98. The summed E-state index contributed by atoms with van der Waals surface area (Å²) < 4.78 is 7.06. The summed E-state index contributed by atoms with van der Waals surface area (Å²) in [7, 11) is 1.76. The fourth-order valence-corrected chi connectivity index (χ4v) is 5.17. The Morgan fingerprint density at radius 1 is 1.18 bits per heavy atom. The number of nitrogens with zero attached hydrogens (tertiary/aromatic N) is 5. The van der Waals surface area contributed by atoms with Crippen molar-refractivity contribution < 1.29 is 14.3 Å². The maximum absolute atomic E-state index is 13.2. The topological polar surface area (TPSA) is 92.6 Å². The summed E-state index contributed by atoms with van der Waals surface area (Å²) in [6, 6.07) is 15.3. The van der Waals surface area contributed by atoms with E-state index in [-0.39, 0.29) is 11.6 Å². The van der Waals surface area contributed by atoms with Crippen LogP contribution in [0.4, 0.5) is 11.4 Å². The van der Waals surface area contributed by atoms with Crippen LogP contribution in [0.25, 0.3) is 0 Å². The number of benzene rings is 2. The molecule has 9 nitrogen and oxygen atoms in total. The molecule has 2 aromatic carbocycles. The van der Waals surface area contributed by atoms with Crippen LogP contribution in [-0.2, 0) is 16.1 Å². The molecule has 2 amide bonds. The van der Waals surface area contributed by atoms with Crippen molar-refractivity contribution >= 4 is 35.0 Å². The van der Waals surface area contributed by atoms with Gasteiger partial charge in [0.15, 0.2) is 5.69 Å². The molecule has 0 aliphatic carbocycles. The van der Waals surface area contributed by atoms with Crippen molar-refractivity contribution in [2.75, 3.05) is 48.9 Å². The van der Waals surface area contributed by atoms with Crippen molar-refractivity contribution in [1.82, 2.24) is 20.3 Å². The van der Waals surface area contributed by atoms with E-state index in [0.717, 1.165) is 34.9 Å². The smallest absolute Gasteiger partial charge is 0.274 e. The highest BCUT2D eigenvalue weighted by Crippen LogP contribution is 2.36. The van der Waals surface area contributed by atoms with Gasteiger partial charge in [0.05, 0.1) is 31.6 Å². The highest BCUT2D eigenvalue weighted by molar-refractivity contribution is 7.99. The first kappa shape index (κ1) is 22.4. The predicted molar refractivity (Wildman–Crippen MR) is 130 cm³/mol. The minimum absolute atomic E-state index is 0.157. The first-order valence-electron chi connectivity index (χ1n) is 11.2. The van der Waals surface area contributed by atoms with Crippen LogP contribution in [0.5, 0.6) is 0 Å². The SMILES string of the molecule is CN1C(=O)[C@@H](NC(=O)c2cn(Cc3ccccc3)nn2)CSc2ccc(N3CCOCC3)cc21. The van der Waals surface area contributed by atoms with E-state index in [1.165, 1.54) is 0 Å². The van der Waals surface area contributed by atoms with Crippen LogP contribution in [-0.4, -0.2) is 72.0 Å². The van der Waals surface area contributed by atoms with E-state index in [1.54, 1.807) is 34.6 Å². The monoisotopic (exact) mass is 478 g/mol. The number of carbonyl (C=O) groups is 2. The fraction of sp³-hybridized carbons (Fsp3) is 0.333. The number of carbonyl (C=O) groups excluding carboxylic acids is 2. The number of aromatic nitrogens is 3. The van der Waals surface area contributed by atoms with Crippen LogP contribution in [0.15, 0.2) is 59.6 Å². The van der Waals surface area contributed by atoms with Gasteiger partial charge in [-0.15, -0.1) is 16.9 Å². The number of hydrogen-bond acceptors (Lipinski definition) is 7. The molecule has 34 heavy (non-hydrogen) atoms. The molecule has 3 aromatic rings. The number of ether oxygens (including phenoxy) is 1. The lowest BCUT2D eigenvalue weighted by atomic mass is 10.2. The molecule has 1 atom stereocenters. The van der Waals surface area contributed by atoms with E-state index in [0.29, 0.717) is 25.5 Å². The Hall–Kier alpha value is -3.37. The van der Waals surface area contributed by atoms with Gasteiger partial charge in [-0.25, -0.2) is 4.68 Å². The largest absolute Gasteiger partial charge is 0.378 e. The van der Waals surface area contributed by atoms with Gasteiger partial charge in [-0.2, -0.15) is 0 Å². The summed E-state index contributed by atoms with van der Waals surface area (Å²) in [6.45, 7) is 3.57. The van der Waals surface area contributed by atoms with E-state index in [4.69, 9.17) is 4.74 Å². The van der Waals surface area contributed by atoms with Crippen LogP contribution in [0.3, 0.4) is 0 Å². The molecule has 0 unspecified atom stereocenters. The van der Waals surface area contributed by atoms with Gasteiger partial charge in [-0.05, 0) is 23.8 Å². The summed E-state index contributed by atoms with van der Waals surface area (Å²) in [5.41, 5.74) is 3.17. The van der Waals surface area contributed by atoms with E-state index < -0.39 is 11.9 Å². The van der Waals surface area contributed by atoms with Crippen molar-refractivity contribution in [3.8, 4) is 0 Å². The number of hydrogen-bond donors (Lipinski definition) is 1. The molecule has 1 saturated heterocycles. The van der Waals surface area contributed by atoms with E-state index in [1.807, 2.05) is 42.5 Å². The first-order valence-corrected chi connectivity index (χ1v) is 12.2. The third-order valence-corrected chi connectivity index (χ3v) is 7.13. The zero-order chi connectivity index (χ0) is 23.5. The molecule has 3 heterocycles. The Bertz CT molecular complexity index is 1180. The highest BCUT2D eigenvalue weighted by Gasteiger charge is 2.31. The van der Waals surface area contributed by atoms with E-state index >= 15 is 0 Å². The zero-order valence-corrected chi connectivity index (χ0v) is 19.7. The van der Waals surface area contributed by atoms with E-state index in [2.05, 4.69) is 26.6 Å². The molecule has 0 saturated carbocycles. The lowest BCUT2D eigenvalue weighted by molar-refractivity contribution is -0.119. The van der Waals surface area contributed by atoms with Gasteiger partial charge in [0.2, 0.25) is 5.91 Å². The van der Waals surface area contributed by atoms with Gasteiger partial charge in [-0.1, -0.05) is 35.5 Å². The van der Waals surface area contributed by atoms with Crippen molar-refractivity contribution in [3.63, 3.8) is 0 Å². The number of nitrogens with one attached hydrogen (secondary N) is 1. The second kappa shape index (κ2) is 9.86. The molecule has 176 valence electrons. The van der Waals surface area contributed by atoms with Gasteiger partial charge >= 0.3 is 0 Å². The average molecular weight is 479 g/mol. The number of morpholine rings is 1. The fourth-order valence-electron chi connectivity index (χ4n) is 4.09. The lowest BCUT2D eigenvalue weighted by Gasteiger charge is -2.30. The second-order valence-electron chi connectivity index (χ2n) is 8.27. The summed E-state index contributed by atoms with van der Waals surface area (Å²) in [5, 5.41) is 10.9. The number of fused-ring (bicyclic) bond motifs is 1. The summed E-state index contributed by atoms with van der Waals surface area (Å²) in [6.07, 6.45) is 1.60. The molecule has 2 aliphatic heterocycles. The zero-order valence-electron chi connectivity index (χ0n) is 18.9. The molecule has 1 N–H and O–H groups in total. The molecule has 0 spiro atoms. The number of likely N-dealkylation sites (N-methyl/N-ethyl adjacent to an activating group) is 1. The van der Waals surface area contributed by atoms with Gasteiger partial charge in [0.25, 0.3) is 5.91 Å². The maximum atomic E-state index is 13.2. The molecule has 0 radical (unpaired) electrons. The molecular weight excluding hydrogens is 452 g/mol. The Kier molecular flexibility index (Phi) is 6.50. The normalized spacial score (nSPS) is 18.4. The number of thioether (sulfide) groups is 1.